The zero-order valence-electron chi connectivity index (χ0n) is 15.5. The van der Waals surface area contributed by atoms with E-state index in [0.29, 0.717) is 11.7 Å². The van der Waals surface area contributed by atoms with Gasteiger partial charge < -0.3 is 10.1 Å². The van der Waals surface area contributed by atoms with Crippen molar-refractivity contribution in [2.24, 2.45) is 17.8 Å². The molecule has 2 heterocycles. The van der Waals surface area contributed by atoms with E-state index >= 15 is 0 Å². The first-order valence-corrected chi connectivity index (χ1v) is 11.1. The van der Waals surface area contributed by atoms with Crippen molar-refractivity contribution in [1.82, 2.24) is 10.3 Å². The van der Waals surface area contributed by atoms with Crippen molar-refractivity contribution in [1.29, 1.82) is 0 Å². The summed E-state index contributed by atoms with van der Waals surface area (Å²) in [6.07, 6.45) is 9.92. The number of carbonyl (C=O) groups excluding carboxylic acids is 2. The predicted octanol–water partition coefficient (Wildman–Crippen LogP) is 2.84. The Labute approximate surface area is 163 Å². The molecule has 0 spiro atoms. The average molecular weight is 390 g/mol. The van der Waals surface area contributed by atoms with Crippen LogP contribution in [0.1, 0.15) is 57.1 Å². The number of ether oxygens (including phenoxy) is 1. The van der Waals surface area contributed by atoms with E-state index in [1.807, 2.05) is 0 Å². The fourth-order valence-corrected chi connectivity index (χ4v) is 7.07. The Morgan fingerprint density at radius 1 is 1.15 bits per heavy atom. The summed E-state index contributed by atoms with van der Waals surface area (Å²) < 4.78 is 5.46. The maximum atomic E-state index is 12.2. The van der Waals surface area contributed by atoms with Crippen molar-refractivity contribution >= 4 is 28.3 Å². The smallest absolute Gasteiger partial charge is 0.315 e. The van der Waals surface area contributed by atoms with Crippen LogP contribution in [0.4, 0.5) is 5.13 Å². The Bertz CT molecular complexity index is 705. The molecular formula is C20H27N3O3S. The molecule has 6 rings (SSSR count). The first-order chi connectivity index (χ1) is 13.1. The summed E-state index contributed by atoms with van der Waals surface area (Å²) >= 11 is 1.44. The number of anilines is 1. The van der Waals surface area contributed by atoms with Gasteiger partial charge in [-0.1, -0.05) is 0 Å². The van der Waals surface area contributed by atoms with Crippen molar-refractivity contribution in [3.63, 3.8) is 0 Å². The third kappa shape index (κ3) is 3.40. The topological polar surface area (TPSA) is 80.3 Å². The van der Waals surface area contributed by atoms with Gasteiger partial charge in [-0.25, -0.2) is 4.98 Å². The van der Waals surface area contributed by atoms with Crippen LogP contribution < -0.4 is 10.6 Å². The third-order valence-corrected chi connectivity index (χ3v) is 7.78. The number of amides is 2. The lowest BCUT2D eigenvalue weighted by molar-refractivity contribution is -0.136. The molecule has 0 unspecified atom stereocenters. The number of nitrogens with one attached hydrogen (secondary N) is 2. The molecular weight excluding hydrogens is 362 g/mol. The lowest BCUT2D eigenvalue weighted by atomic mass is 9.49. The standard InChI is InChI=1S/C20H27N3O3S/c24-17(21-10-15-2-1-3-26-15)18(25)23-19-22-16(11-27-19)20-7-12-4-13(8-20)6-14(5-12)9-20/h11-15H,1-10H2,(H,21,24)(H,22,23,25)/t12?,13?,14?,15-,20?/m1/s1. The summed E-state index contributed by atoms with van der Waals surface area (Å²) in [6, 6.07) is 0. The maximum Gasteiger partial charge on any atom is 0.315 e. The molecule has 1 aromatic rings. The number of hydrogen-bond donors (Lipinski definition) is 2. The van der Waals surface area contributed by atoms with Gasteiger partial charge in [0.05, 0.1) is 11.8 Å². The van der Waals surface area contributed by atoms with Crippen LogP contribution in [0.3, 0.4) is 0 Å². The molecule has 0 aromatic carbocycles. The van der Waals surface area contributed by atoms with Gasteiger partial charge in [0.25, 0.3) is 0 Å². The summed E-state index contributed by atoms with van der Waals surface area (Å²) in [5, 5.41) is 7.99. The summed E-state index contributed by atoms with van der Waals surface area (Å²) in [6.45, 7) is 1.13. The molecule has 146 valence electrons. The third-order valence-electron chi connectivity index (χ3n) is 7.03. The molecule has 1 atom stereocenters. The minimum Gasteiger partial charge on any atom is -0.376 e. The van der Waals surface area contributed by atoms with E-state index in [1.165, 1.54) is 49.9 Å². The van der Waals surface area contributed by atoms with Gasteiger partial charge >= 0.3 is 11.8 Å². The normalized spacial score (nSPS) is 36.7. The van der Waals surface area contributed by atoms with E-state index in [-0.39, 0.29) is 11.5 Å². The summed E-state index contributed by atoms with van der Waals surface area (Å²) in [5.41, 5.74) is 1.36. The lowest BCUT2D eigenvalue weighted by Crippen LogP contribution is -2.48. The van der Waals surface area contributed by atoms with Gasteiger partial charge in [0.15, 0.2) is 5.13 Å². The largest absolute Gasteiger partial charge is 0.376 e. The number of aromatic nitrogens is 1. The van der Waals surface area contributed by atoms with E-state index in [2.05, 4.69) is 16.0 Å². The highest BCUT2D eigenvalue weighted by Crippen LogP contribution is 2.60. The first-order valence-electron chi connectivity index (χ1n) is 10.3. The van der Waals surface area contributed by atoms with E-state index < -0.39 is 11.8 Å². The molecule has 7 heteroatoms. The van der Waals surface area contributed by atoms with Crippen LogP contribution in [0.2, 0.25) is 0 Å². The predicted molar refractivity (Wildman–Crippen MR) is 103 cm³/mol. The number of rotatable bonds is 4. The first kappa shape index (κ1) is 17.6. The van der Waals surface area contributed by atoms with Crippen molar-refractivity contribution in [3.8, 4) is 0 Å². The summed E-state index contributed by atoms with van der Waals surface area (Å²) in [4.78, 5) is 29.0. The average Bonchev–Trinajstić information content (AvgIpc) is 3.30. The molecule has 4 saturated carbocycles. The van der Waals surface area contributed by atoms with Crippen LogP contribution in [-0.2, 0) is 19.7 Å². The minimum atomic E-state index is -0.639. The Hall–Kier alpha value is -1.47. The van der Waals surface area contributed by atoms with Crippen molar-refractivity contribution in [2.45, 2.75) is 62.9 Å². The van der Waals surface area contributed by atoms with Crippen LogP contribution in [0.5, 0.6) is 0 Å². The van der Waals surface area contributed by atoms with Crippen molar-refractivity contribution in [3.05, 3.63) is 11.1 Å². The second-order valence-corrected chi connectivity index (χ2v) is 9.89. The second kappa shape index (κ2) is 6.85. The Kier molecular flexibility index (Phi) is 4.47. The molecule has 6 nitrogen and oxygen atoms in total. The molecule has 4 aliphatic carbocycles. The summed E-state index contributed by atoms with van der Waals surface area (Å²) in [7, 11) is 0. The number of thiazole rings is 1. The van der Waals surface area contributed by atoms with Crippen molar-refractivity contribution < 1.29 is 14.3 Å². The molecule has 4 bridgehead atoms. The zero-order chi connectivity index (χ0) is 18.4. The zero-order valence-corrected chi connectivity index (χ0v) is 16.4. The van der Waals surface area contributed by atoms with Gasteiger partial charge in [-0.3, -0.25) is 14.9 Å². The van der Waals surface area contributed by atoms with E-state index in [9.17, 15) is 9.59 Å². The maximum absolute atomic E-state index is 12.2. The van der Waals surface area contributed by atoms with E-state index in [1.54, 1.807) is 0 Å². The van der Waals surface area contributed by atoms with E-state index in [4.69, 9.17) is 9.72 Å². The fourth-order valence-electron chi connectivity index (χ4n) is 6.25. The summed E-state index contributed by atoms with van der Waals surface area (Å²) in [5.74, 6) is 1.33. The van der Waals surface area contributed by atoms with Crippen LogP contribution in [0.15, 0.2) is 5.38 Å². The van der Waals surface area contributed by atoms with Crippen LogP contribution in [0.25, 0.3) is 0 Å². The monoisotopic (exact) mass is 389 g/mol. The Balaban J connectivity index is 1.21. The molecule has 0 radical (unpaired) electrons. The van der Waals surface area contributed by atoms with E-state index in [0.717, 1.165) is 42.9 Å². The molecule has 5 fully saturated rings. The molecule has 2 amide bonds. The number of carbonyl (C=O) groups is 2. The second-order valence-electron chi connectivity index (χ2n) is 9.03. The minimum absolute atomic E-state index is 0.0318. The van der Waals surface area contributed by atoms with Crippen LogP contribution >= 0.6 is 11.3 Å². The Morgan fingerprint density at radius 2 is 1.85 bits per heavy atom. The molecule has 1 saturated heterocycles. The van der Waals surface area contributed by atoms with Crippen molar-refractivity contribution in [2.75, 3.05) is 18.5 Å². The lowest BCUT2D eigenvalue weighted by Gasteiger charge is -2.56. The quantitative estimate of drug-likeness (QED) is 0.776. The van der Waals surface area contributed by atoms with Gasteiger partial charge in [0.1, 0.15) is 0 Å². The Morgan fingerprint density at radius 3 is 2.48 bits per heavy atom. The van der Waals surface area contributed by atoms with Crippen LogP contribution in [-0.4, -0.2) is 36.1 Å². The highest BCUT2D eigenvalue weighted by Gasteiger charge is 2.52. The highest BCUT2D eigenvalue weighted by atomic mass is 32.1. The molecule has 1 aromatic heterocycles. The van der Waals surface area contributed by atoms with Gasteiger partial charge in [0.2, 0.25) is 0 Å². The highest BCUT2D eigenvalue weighted by molar-refractivity contribution is 7.14. The molecule has 5 aliphatic rings. The van der Waals surface area contributed by atoms with Crippen LogP contribution in [0, 0.1) is 17.8 Å². The van der Waals surface area contributed by atoms with Gasteiger partial charge in [-0.2, -0.15) is 0 Å². The molecule has 2 N–H and O–H groups in total. The number of hydrogen-bond acceptors (Lipinski definition) is 5. The van der Waals surface area contributed by atoms with Gasteiger partial charge in [-0.05, 0) is 69.1 Å². The van der Waals surface area contributed by atoms with Gasteiger partial charge in [-0.15, -0.1) is 11.3 Å². The fraction of sp³-hybridized carbons (Fsp3) is 0.750. The number of nitrogens with zero attached hydrogens (tertiary/aromatic N) is 1. The van der Waals surface area contributed by atoms with Gasteiger partial charge in [0, 0.05) is 23.9 Å². The SMILES string of the molecule is O=C(NC[C@H]1CCCO1)C(=O)Nc1nc(C23CC4CC(CC(C4)C2)C3)cs1. The molecule has 27 heavy (non-hydrogen) atoms. The molecule has 1 aliphatic heterocycles.